The standard InChI is InChI=1S/C18H33N7.HI/c1-5-19-17(23-16(4)15(2)3)20-9-10-24-11-13-25(14-12-24)18-21-7-6-8-22-18;/h6-8,15-16H,5,9-14H2,1-4H3,(H2,19,20,23);1H. The zero-order valence-electron chi connectivity index (χ0n) is 16.5. The largest absolute Gasteiger partial charge is 0.357 e. The Hall–Kier alpha value is -1.16. The highest BCUT2D eigenvalue weighted by atomic mass is 127. The van der Waals surface area contributed by atoms with Crippen molar-refractivity contribution in [2.24, 2.45) is 10.9 Å². The summed E-state index contributed by atoms with van der Waals surface area (Å²) in [6, 6.07) is 2.26. The van der Waals surface area contributed by atoms with Crippen LogP contribution in [0.5, 0.6) is 0 Å². The van der Waals surface area contributed by atoms with Gasteiger partial charge >= 0.3 is 0 Å². The van der Waals surface area contributed by atoms with E-state index in [1.165, 1.54) is 0 Å². The number of aliphatic imine (C=N–C) groups is 1. The van der Waals surface area contributed by atoms with E-state index >= 15 is 0 Å². The quantitative estimate of drug-likeness (QED) is 0.356. The third kappa shape index (κ3) is 7.61. The first-order valence-electron chi connectivity index (χ1n) is 9.39. The minimum atomic E-state index is 0. The summed E-state index contributed by atoms with van der Waals surface area (Å²) in [5, 5.41) is 6.81. The van der Waals surface area contributed by atoms with Gasteiger partial charge in [0.1, 0.15) is 0 Å². The van der Waals surface area contributed by atoms with Gasteiger partial charge in [-0.1, -0.05) is 13.8 Å². The highest BCUT2D eigenvalue weighted by molar-refractivity contribution is 14.0. The summed E-state index contributed by atoms with van der Waals surface area (Å²) in [5.41, 5.74) is 0. The summed E-state index contributed by atoms with van der Waals surface area (Å²) in [7, 11) is 0. The summed E-state index contributed by atoms with van der Waals surface area (Å²) in [4.78, 5) is 18.1. The SMILES string of the molecule is CCNC(=NCCN1CCN(c2ncccn2)CC1)NC(C)C(C)C.I. The lowest BCUT2D eigenvalue weighted by atomic mass is 10.1. The van der Waals surface area contributed by atoms with Crippen molar-refractivity contribution in [2.75, 3.05) is 50.7 Å². The number of hydrogen-bond acceptors (Lipinski definition) is 5. The fourth-order valence-electron chi connectivity index (χ4n) is 2.63. The lowest BCUT2D eigenvalue weighted by molar-refractivity contribution is 0.263. The van der Waals surface area contributed by atoms with E-state index in [1.54, 1.807) is 12.4 Å². The van der Waals surface area contributed by atoms with Gasteiger partial charge in [0, 0.05) is 57.7 Å². The van der Waals surface area contributed by atoms with Crippen LogP contribution in [-0.2, 0) is 0 Å². The van der Waals surface area contributed by atoms with Crippen molar-refractivity contribution in [3.05, 3.63) is 18.5 Å². The number of guanidine groups is 1. The molecule has 2 rings (SSSR count). The van der Waals surface area contributed by atoms with Gasteiger partial charge in [0.25, 0.3) is 0 Å². The van der Waals surface area contributed by atoms with E-state index in [-0.39, 0.29) is 24.0 Å². The monoisotopic (exact) mass is 475 g/mol. The highest BCUT2D eigenvalue weighted by Crippen LogP contribution is 2.09. The number of rotatable bonds is 7. The van der Waals surface area contributed by atoms with Gasteiger partial charge in [0.2, 0.25) is 5.95 Å². The Morgan fingerprint density at radius 2 is 1.81 bits per heavy atom. The first kappa shape index (κ1) is 22.9. The predicted molar refractivity (Wildman–Crippen MR) is 120 cm³/mol. The van der Waals surface area contributed by atoms with E-state index in [4.69, 9.17) is 4.99 Å². The molecule has 8 heteroatoms. The summed E-state index contributed by atoms with van der Waals surface area (Å²) in [6.45, 7) is 15.4. The molecule has 2 N–H and O–H groups in total. The van der Waals surface area contributed by atoms with Crippen LogP contribution in [0.25, 0.3) is 0 Å². The first-order chi connectivity index (χ1) is 12.1. The number of nitrogens with zero attached hydrogens (tertiary/aromatic N) is 5. The normalized spacial score (nSPS) is 17.0. The lowest BCUT2D eigenvalue weighted by Crippen LogP contribution is -2.48. The Balaban J connectivity index is 0.00000338. The Morgan fingerprint density at radius 3 is 2.38 bits per heavy atom. The third-order valence-electron chi connectivity index (χ3n) is 4.60. The zero-order valence-corrected chi connectivity index (χ0v) is 18.8. The van der Waals surface area contributed by atoms with Crippen LogP contribution in [0.2, 0.25) is 0 Å². The average Bonchev–Trinajstić information content (AvgIpc) is 2.63. The van der Waals surface area contributed by atoms with Gasteiger partial charge in [-0.3, -0.25) is 9.89 Å². The molecule has 26 heavy (non-hydrogen) atoms. The lowest BCUT2D eigenvalue weighted by Gasteiger charge is -2.34. The molecule has 0 radical (unpaired) electrons. The maximum Gasteiger partial charge on any atom is 0.225 e. The van der Waals surface area contributed by atoms with Crippen LogP contribution in [0, 0.1) is 5.92 Å². The summed E-state index contributed by atoms with van der Waals surface area (Å²) in [5.74, 6) is 2.33. The molecule has 2 heterocycles. The number of piperazine rings is 1. The van der Waals surface area contributed by atoms with Crippen LogP contribution in [0.4, 0.5) is 5.95 Å². The van der Waals surface area contributed by atoms with E-state index in [0.717, 1.165) is 57.7 Å². The Labute approximate surface area is 175 Å². The molecule has 1 aromatic heterocycles. The Morgan fingerprint density at radius 1 is 1.15 bits per heavy atom. The van der Waals surface area contributed by atoms with E-state index in [2.05, 4.69) is 58.1 Å². The molecule has 1 atom stereocenters. The molecule has 0 aromatic carbocycles. The molecular formula is C18H34IN7. The summed E-state index contributed by atoms with van der Waals surface area (Å²) < 4.78 is 0. The van der Waals surface area contributed by atoms with Crippen molar-refractivity contribution < 1.29 is 0 Å². The van der Waals surface area contributed by atoms with E-state index in [9.17, 15) is 0 Å². The van der Waals surface area contributed by atoms with Crippen molar-refractivity contribution in [1.82, 2.24) is 25.5 Å². The first-order valence-corrected chi connectivity index (χ1v) is 9.39. The maximum absolute atomic E-state index is 4.72. The van der Waals surface area contributed by atoms with Crippen LogP contribution >= 0.6 is 24.0 Å². The minimum absolute atomic E-state index is 0. The zero-order chi connectivity index (χ0) is 18.1. The summed E-state index contributed by atoms with van der Waals surface area (Å²) in [6.07, 6.45) is 3.60. The van der Waals surface area contributed by atoms with E-state index in [0.29, 0.717) is 12.0 Å². The van der Waals surface area contributed by atoms with Gasteiger partial charge in [0.15, 0.2) is 5.96 Å². The molecule has 1 fully saturated rings. The van der Waals surface area contributed by atoms with Crippen LogP contribution in [0.15, 0.2) is 23.5 Å². The van der Waals surface area contributed by atoms with Crippen LogP contribution in [-0.4, -0.2) is 72.7 Å². The van der Waals surface area contributed by atoms with Crippen LogP contribution in [0.1, 0.15) is 27.7 Å². The Kier molecular flexibility index (Phi) is 10.8. The number of hydrogen-bond donors (Lipinski definition) is 2. The third-order valence-corrected chi connectivity index (χ3v) is 4.60. The van der Waals surface area contributed by atoms with Gasteiger partial charge in [-0.2, -0.15) is 0 Å². The number of nitrogens with one attached hydrogen (secondary N) is 2. The van der Waals surface area contributed by atoms with E-state index < -0.39 is 0 Å². The number of halogens is 1. The number of anilines is 1. The molecule has 1 aromatic rings. The van der Waals surface area contributed by atoms with Crippen LogP contribution in [0.3, 0.4) is 0 Å². The fraction of sp³-hybridized carbons (Fsp3) is 0.722. The molecule has 7 nitrogen and oxygen atoms in total. The number of aromatic nitrogens is 2. The van der Waals surface area contributed by atoms with E-state index in [1.807, 2.05) is 6.07 Å². The molecule has 0 saturated carbocycles. The second-order valence-electron chi connectivity index (χ2n) is 6.82. The average molecular weight is 475 g/mol. The highest BCUT2D eigenvalue weighted by Gasteiger charge is 2.18. The summed E-state index contributed by atoms with van der Waals surface area (Å²) >= 11 is 0. The van der Waals surface area contributed by atoms with Crippen molar-refractivity contribution in [1.29, 1.82) is 0 Å². The van der Waals surface area contributed by atoms with Gasteiger partial charge in [-0.15, -0.1) is 24.0 Å². The Bertz CT molecular complexity index is 516. The molecule has 0 spiro atoms. The molecule has 0 bridgehead atoms. The smallest absolute Gasteiger partial charge is 0.225 e. The second-order valence-corrected chi connectivity index (χ2v) is 6.82. The van der Waals surface area contributed by atoms with Gasteiger partial charge in [-0.25, -0.2) is 9.97 Å². The topological polar surface area (TPSA) is 68.7 Å². The van der Waals surface area contributed by atoms with Crippen molar-refractivity contribution in [3.8, 4) is 0 Å². The van der Waals surface area contributed by atoms with Crippen molar-refractivity contribution in [2.45, 2.75) is 33.7 Å². The van der Waals surface area contributed by atoms with Crippen LogP contribution < -0.4 is 15.5 Å². The van der Waals surface area contributed by atoms with Gasteiger partial charge < -0.3 is 15.5 Å². The molecule has 0 amide bonds. The van der Waals surface area contributed by atoms with Crippen molar-refractivity contribution in [3.63, 3.8) is 0 Å². The minimum Gasteiger partial charge on any atom is -0.357 e. The molecular weight excluding hydrogens is 441 g/mol. The molecule has 148 valence electrons. The van der Waals surface area contributed by atoms with Crippen molar-refractivity contribution >= 4 is 35.9 Å². The molecule has 1 unspecified atom stereocenters. The second kappa shape index (κ2) is 12.3. The maximum atomic E-state index is 4.72. The molecule has 1 aliphatic heterocycles. The fourth-order valence-corrected chi connectivity index (χ4v) is 2.63. The molecule has 1 saturated heterocycles. The van der Waals surface area contributed by atoms with Gasteiger partial charge in [0.05, 0.1) is 6.54 Å². The molecule has 0 aliphatic carbocycles. The van der Waals surface area contributed by atoms with Gasteiger partial charge in [-0.05, 0) is 25.8 Å². The predicted octanol–water partition coefficient (Wildman–Crippen LogP) is 1.82. The molecule has 1 aliphatic rings.